The Labute approximate surface area is 80.0 Å². The first-order valence-corrected chi connectivity index (χ1v) is 5.61. The van der Waals surface area contributed by atoms with E-state index in [1.54, 1.807) is 5.20 Å². The molecule has 13 heavy (non-hydrogen) atoms. The molecule has 3 rings (SSSR count). The topological polar surface area (TPSA) is 0 Å². The van der Waals surface area contributed by atoms with Crippen LogP contribution in [0.2, 0.25) is 0 Å². The summed E-state index contributed by atoms with van der Waals surface area (Å²) in [5, 5.41) is 1.61. The second-order valence-electron chi connectivity index (χ2n) is 3.40. The number of rotatable bonds is 0. The molecule has 0 N–H and O–H groups in total. The minimum atomic E-state index is 0.900. The van der Waals surface area contributed by atoms with Crippen molar-refractivity contribution in [1.82, 2.24) is 0 Å². The van der Waals surface area contributed by atoms with Crippen molar-refractivity contribution in [2.45, 2.75) is 6.42 Å². The first-order chi connectivity index (χ1) is 6.45. The van der Waals surface area contributed by atoms with Crippen molar-refractivity contribution < 1.29 is 0 Å². The summed E-state index contributed by atoms with van der Waals surface area (Å²) in [6.45, 7) is 0. The van der Waals surface area contributed by atoms with E-state index < -0.39 is 0 Å². The molecule has 0 spiro atoms. The summed E-state index contributed by atoms with van der Waals surface area (Å²) in [5.74, 6) is 0. The van der Waals surface area contributed by atoms with E-state index >= 15 is 0 Å². The third-order valence-corrected chi connectivity index (χ3v) is 3.77. The van der Waals surface area contributed by atoms with Crippen molar-refractivity contribution in [3.8, 4) is 0 Å². The summed E-state index contributed by atoms with van der Waals surface area (Å²) >= 11 is 0. The van der Waals surface area contributed by atoms with Crippen molar-refractivity contribution in [2.75, 3.05) is 0 Å². The van der Waals surface area contributed by atoms with Gasteiger partial charge in [0.15, 0.2) is 0 Å². The highest BCUT2D eigenvalue weighted by Crippen LogP contribution is 2.32. The normalized spacial score (nSPS) is 17.5. The van der Waals surface area contributed by atoms with Crippen LogP contribution in [0.1, 0.15) is 11.1 Å². The van der Waals surface area contributed by atoms with Gasteiger partial charge in [-0.25, -0.2) is 0 Å². The van der Waals surface area contributed by atoms with Gasteiger partial charge in [0.1, 0.15) is 0 Å². The van der Waals surface area contributed by atoms with E-state index in [1.165, 1.54) is 23.1 Å². The lowest BCUT2D eigenvalue weighted by molar-refractivity contribution is 1.29. The summed E-state index contributed by atoms with van der Waals surface area (Å²) < 4.78 is 0. The first-order valence-electron chi connectivity index (χ1n) is 4.53. The van der Waals surface area contributed by atoms with Gasteiger partial charge in [-0.3, -0.25) is 0 Å². The third kappa shape index (κ3) is 1.01. The van der Waals surface area contributed by atoms with Gasteiger partial charge in [0, 0.05) is 0 Å². The third-order valence-electron chi connectivity index (χ3n) is 2.62. The monoisotopic (exact) mass is 181 g/mol. The molecule has 0 unspecified atom stereocenters. The highest BCUT2D eigenvalue weighted by molar-refractivity contribution is 6.59. The van der Waals surface area contributed by atoms with Crippen molar-refractivity contribution in [2.24, 2.45) is 0 Å². The Kier molecular flexibility index (Phi) is 1.46. The molecule has 1 aromatic carbocycles. The van der Waals surface area contributed by atoms with Gasteiger partial charge in [0.05, 0.1) is 9.13 Å². The highest BCUT2D eigenvalue weighted by Gasteiger charge is 2.18. The maximum Gasteiger partial charge on any atom is 0.0554 e. The van der Waals surface area contributed by atoms with Gasteiger partial charge in [-0.2, -0.15) is 0 Å². The van der Waals surface area contributed by atoms with E-state index in [1.807, 2.05) is 0 Å². The molecule has 1 aliphatic heterocycles. The van der Waals surface area contributed by atoms with Crippen LogP contribution in [0.3, 0.4) is 0 Å². The fourth-order valence-corrected chi connectivity index (χ4v) is 3.06. The maximum atomic E-state index is 2.27. The fraction of sp³-hybridized carbons (Fsp3) is 0.0833. The van der Waals surface area contributed by atoms with E-state index in [-0.39, 0.29) is 0 Å². The molecular formula is C12H9Si. The molecule has 1 radical (unpaired) electrons. The average Bonchev–Trinajstić information content (AvgIpc) is 2.56. The quantitative estimate of drug-likeness (QED) is 0.537. The zero-order valence-corrected chi connectivity index (χ0v) is 8.25. The fourth-order valence-electron chi connectivity index (χ4n) is 2.00. The van der Waals surface area contributed by atoms with Crippen LogP contribution in [-0.4, -0.2) is 14.8 Å². The molecule has 0 saturated heterocycles. The Morgan fingerprint density at radius 3 is 3.08 bits per heavy atom. The molecule has 0 saturated carbocycles. The predicted molar refractivity (Wildman–Crippen MR) is 58.0 cm³/mol. The SMILES string of the molecule is C1=CC2=C(Cc3ccccc32)[Si]=C1. The summed E-state index contributed by atoms with van der Waals surface area (Å²) in [5.41, 5.74) is 6.70. The van der Waals surface area contributed by atoms with Crippen LogP contribution in [0.5, 0.6) is 0 Å². The van der Waals surface area contributed by atoms with Gasteiger partial charge in [0.25, 0.3) is 0 Å². The Morgan fingerprint density at radius 2 is 2.08 bits per heavy atom. The smallest absolute Gasteiger partial charge is 0.0554 e. The molecule has 0 aromatic heterocycles. The molecule has 1 heteroatoms. The van der Waals surface area contributed by atoms with Gasteiger partial charge in [0.2, 0.25) is 0 Å². The molecular weight excluding hydrogens is 172 g/mol. The molecule has 2 aliphatic rings. The van der Waals surface area contributed by atoms with Gasteiger partial charge in [-0.1, -0.05) is 47.3 Å². The Bertz CT molecular complexity index is 450. The number of benzene rings is 1. The Balaban J connectivity index is 2.24. The minimum Gasteiger partial charge on any atom is -0.0770 e. The van der Waals surface area contributed by atoms with Crippen LogP contribution in [0.25, 0.3) is 5.57 Å². The molecule has 1 heterocycles. The Hall–Kier alpha value is -1.21. The second kappa shape index (κ2) is 2.64. The summed E-state index contributed by atoms with van der Waals surface area (Å²) in [4.78, 5) is 0. The Morgan fingerprint density at radius 1 is 1.15 bits per heavy atom. The zero-order chi connectivity index (χ0) is 8.67. The van der Waals surface area contributed by atoms with Crippen LogP contribution in [0.4, 0.5) is 0 Å². The van der Waals surface area contributed by atoms with Gasteiger partial charge < -0.3 is 0 Å². The lowest BCUT2D eigenvalue weighted by atomic mass is 10.1. The highest BCUT2D eigenvalue weighted by atomic mass is 28.2. The van der Waals surface area contributed by atoms with Gasteiger partial charge in [-0.15, -0.1) is 0 Å². The summed E-state index contributed by atoms with van der Waals surface area (Å²) in [7, 11) is 0.900. The lowest BCUT2D eigenvalue weighted by Gasteiger charge is -2.01. The molecule has 0 atom stereocenters. The van der Waals surface area contributed by atoms with E-state index in [0.29, 0.717) is 0 Å². The van der Waals surface area contributed by atoms with Gasteiger partial charge in [-0.05, 0) is 23.1 Å². The van der Waals surface area contributed by atoms with Crippen molar-refractivity contribution in [3.05, 3.63) is 52.7 Å². The molecule has 0 fully saturated rings. The van der Waals surface area contributed by atoms with Crippen molar-refractivity contribution in [1.29, 1.82) is 0 Å². The summed E-state index contributed by atoms with van der Waals surface area (Å²) in [6.07, 6.45) is 5.60. The van der Waals surface area contributed by atoms with Crippen LogP contribution < -0.4 is 0 Å². The molecule has 0 bridgehead atoms. The van der Waals surface area contributed by atoms with E-state index in [9.17, 15) is 0 Å². The molecule has 1 aliphatic carbocycles. The number of hydrogen-bond donors (Lipinski definition) is 0. The van der Waals surface area contributed by atoms with E-state index in [4.69, 9.17) is 0 Å². The van der Waals surface area contributed by atoms with Crippen LogP contribution >= 0.6 is 0 Å². The standard InChI is InChI=1S/C12H9Si/c1-2-5-10-9(4-1)8-12-11(10)6-3-7-13-12/h1-7H,8H2. The maximum absolute atomic E-state index is 2.27. The predicted octanol–water partition coefficient (Wildman–Crippen LogP) is 2.03. The molecule has 61 valence electrons. The first kappa shape index (κ1) is 7.22. The number of allylic oxidation sites excluding steroid dienone is 4. The van der Waals surface area contributed by atoms with Crippen LogP contribution in [0, 0.1) is 0 Å². The van der Waals surface area contributed by atoms with Crippen molar-refractivity contribution in [3.63, 3.8) is 0 Å². The summed E-state index contributed by atoms with van der Waals surface area (Å²) in [6, 6.07) is 8.74. The zero-order valence-electron chi connectivity index (χ0n) is 7.25. The second-order valence-corrected chi connectivity index (χ2v) is 4.62. The molecule has 1 aromatic rings. The van der Waals surface area contributed by atoms with Crippen molar-refractivity contribution >= 4 is 20.4 Å². The minimum absolute atomic E-state index is 0.900. The lowest BCUT2D eigenvalue weighted by Crippen LogP contribution is -1.94. The van der Waals surface area contributed by atoms with Crippen LogP contribution in [-0.2, 0) is 6.42 Å². The van der Waals surface area contributed by atoms with E-state index in [0.717, 1.165) is 9.13 Å². The van der Waals surface area contributed by atoms with E-state index in [2.05, 4.69) is 42.1 Å². The number of fused-ring (bicyclic) bond motifs is 2. The average molecular weight is 181 g/mol. The molecule has 0 amide bonds. The van der Waals surface area contributed by atoms with Gasteiger partial charge >= 0.3 is 0 Å². The molecule has 0 nitrogen and oxygen atoms in total. The number of hydrogen-bond acceptors (Lipinski definition) is 0. The van der Waals surface area contributed by atoms with Crippen LogP contribution in [0.15, 0.2) is 41.6 Å². The largest absolute Gasteiger partial charge is 0.0770 e.